The number of ketones is 1. The topological polar surface area (TPSA) is 141 Å². The number of carbonyl (C=O) groups is 2. The van der Waals surface area contributed by atoms with Crippen LogP contribution in [-0.4, -0.2) is 27.6 Å². The summed E-state index contributed by atoms with van der Waals surface area (Å²) in [4.78, 5) is 25.9. The second kappa shape index (κ2) is 7.67. The third kappa shape index (κ3) is 3.89. The first-order chi connectivity index (χ1) is 11.9. The zero-order chi connectivity index (χ0) is 18.6. The molecule has 0 unspecified atom stereocenters. The molecule has 2 rings (SSSR count). The van der Waals surface area contributed by atoms with Gasteiger partial charge in [-0.05, 0) is 17.7 Å². The van der Waals surface area contributed by atoms with Gasteiger partial charge >= 0.3 is 5.97 Å². The molecule has 0 atom stereocenters. The molecule has 0 aliphatic heterocycles. The Labute approximate surface area is 151 Å². The monoisotopic (exact) mass is 372 g/mol. The lowest BCUT2D eigenvalue weighted by Gasteiger charge is -2.12. The number of nitrogen functional groups attached to an aromatic ring is 1. The molecule has 1 aromatic heterocycles. The van der Waals surface area contributed by atoms with Gasteiger partial charge in [0.2, 0.25) is 5.78 Å². The smallest absolute Gasteiger partial charge is 0.373 e. The third-order valence-corrected chi connectivity index (χ3v) is 4.32. The molecule has 1 heterocycles. The van der Waals surface area contributed by atoms with Crippen molar-refractivity contribution in [3.05, 3.63) is 40.4 Å². The van der Waals surface area contributed by atoms with Crippen LogP contribution in [-0.2, 0) is 9.59 Å². The predicted molar refractivity (Wildman–Crippen MR) is 91.9 cm³/mol. The number of pyridine rings is 1. The number of aliphatic carboxylic acids is 1. The summed E-state index contributed by atoms with van der Waals surface area (Å²) in [6.07, 6.45) is 0. The van der Waals surface area contributed by atoms with E-state index in [0.717, 1.165) is 11.8 Å². The molecular formula is C16H9ClN4O3S. The Morgan fingerprint density at radius 2 is 1.96 bits per heavy atom. The molecular weight excluding hydrogens is 364 g/mol. The van der Waals surface area contributed by atoms with Crippen molar-refractivity contribution >= 4 is 40.9 Å². The maximum absolute atomic E-state index is 11.3. The van der Waals surface area contributed by atoms with Crippen molar-refractivity contribution in [1.29, 1.82) is 10.5 Å². The molecule has 0 bridgehead atoms. The minimum Gasteiger partial charge on any atom is -0.475 e. The third-order valence-electron chi connectivity index (χ3n) is 3.11. The summed E-state index contributed by atoms with van der Waals surface area (Å²) in [5, 5.41) is 28.0. The first kappa shape index (κ1) is 18.3. The number of carbonyl (C=O) groups excluding carboxylic acids is 1. The minimum absolute atomic E-state index is 0.00716. The zero-order valence-electron chi connectivity index (χ0n) is 12.5. The lowest BCUT2D eigenvalue weighted by Crippen LogP contribution is -2.15. The highest BCUT2D eigenvalue weighted by atomic mass is 35.5. The first-order valence-electron chi connectivity index (χ1n) is 6.67. The van der Waals surface area contributed by atoms with Gasteiger partial charge in [0.1, 0.15) is 28.5 Å². The molecule has 0 spiro atoms. The van der Waals surface area contributed by atoms with Gasteiger partial charge in [-0.1, -0.05) is 35.5 Å². The van der Waals surface area contributed by atoms with E-state index in [4.69, 9.17) is 22.4 Å². The molecule has 0 radical (unpaired) electrons. The Morgan fingerprint density at radius 1 is 1.28 bits per heavy atom. The number of nitriles is 2. The predicted octanol–water partition coefficient (Wildman–Crippen LogP) is 2.47. The van der Waals surface area contributed by atoms with Crippen molar-refractivity contribution in [3.63, 3.8) is 0 Å². The van der Waals surface area contributed by atoms with Crippen LogP contribution in [0.4, 0.5) is 5.82 Å². The van der Waals surface area contributed by atoms with Crippen LogP contribution in [0.3, 0.4) is 0 Å². The van der Waals surface area contributed by atoms with Gasteiger partial charge in [0, 0.05) is 10.6 Å². The molecule has 7 nitrogen and oxygen atoms in total. The van der Waals surface area contributed by atoms with Crippen molar-refractivity contribution < 1.29 is 14.7 Å². The number of benzene rings is 1. The van der Waals surface area contributed by atoms with E-state index in [-0.39, 0.29) is 27.5 Å². The standard InChI is InChI=1S/C16H9ClN4O3S/c17-9-3-1-2-8(4-9)13-10(5-18)14(20)21-15(11(13)6-19)25-7-12(22)16(23)24/h1-4H,7H2,(H2,20,21)(H,23,24). The molecule has 0 fully saturated rings. The second-order valence-electron chi connectivity index (χ2n) is 4.68. The Kier molecular flexibility index (Phi) is 5.60. The Morgan fingerprint density at radius 3 is 2.52 bits per heavy atom. The van der Waals surface area contributed by atoms with Crippen LogP contribution < -0.4 is 5.73 Å². The van der Waals surface area contributed by atoms with E-state index in [0.29, 0.717) is 10.6 Å². The van der Waals surface area contributed by atoms with Gasteiger partial charge in [-0.15, -0.1) is 0 Å². The number of carboxylic acids is 1. The Bertz CT molecular complexity index is 963. The number of Topliss-reactive ketones (excluding diaryl/α,β-unsaturated/α-hetero) is 1. The largest absolute Gasteiger partial charge is 0.475 e. The number of aromatic nitrogens is 1. The number of thioether (sulfide) groups is 1. The lowest BCUT2D eigenvalue weighted by molar-refractivity contribution is -0.147. The number of nitrogens with two attached hydrogens (primary N) is 1. The molecule has 9 heteroatoms. The molecule has 0 aliphatic carbocycles. The molecule has 25 heavy (non-hydrogen) atoms. The minimum atomic E-state index is -1.58. The van der Waals surface area contributed by atoms with Crippen LogP contribution in [0.15, 0.2) is 29.3 Å². The number of carboxylic acid groups (broad SMARTS) is 1. The SMILES string of the molecule is N#Cc1c(N)nc(SCC(=O)C(=O)O)c(C#N)c1-c1cccc(Cl)c1. The summed E-state index contributed by atoms with van der Waals surface area (Å²) >= 11 is 6.74. The van der Waals surface area contributed by atoms with E-state index in [1.165, 1.54) is 0 Å². The Hall–Kier alpha value is -3.07. The lowest BCUT2D eigenvalue weighted by atomic mass is 9.97. The molecule has 0 saturated heterocycles. The maximum atomic E-state index is 11.3. The van der Waals surface area contributed by atoms with Gasteiger partial charge < -0.3 is 10.8 Å². The Balaban J connectivity index is 2.65. The van der Waals surface area contributed by atoms with Gasteiger partial charge in [0.25, 0.3) is 0 Å². The highest BCUT2D eigenvalue weighted by Gasteiger charge is 2.22. The van der Waals surface area contributed by atoms with Crippen LogP contribution in [0.1, 0.15) is 11.1 Å². The average molecular weight is 373 g/mol. The van der Waals surface area contributed by atoms with Gasteiger partial charge in [0.05, 0.1) is 11.3 Å². The fourth-order valence-electron chi connectivity index (χ4n) is 2.03. The molecule has 124 valence electrons. The van der Waals surface area contributed by atoms with Crippen molar-refractivity contribution in [2.24, 2.45) is 0 Å². The first-order valence-corrected chi connectivity index (χ1v) is 8.04. The van der Waals surface area contributed by atoms with E-state index in [1.54, 1.807) is 24.3 Å². The quantitative estimate of drug-likeness (QED) is 0.602. The van der Waals surface area contributed by atoms with E-state index < -0.39 is 17.5 Å². The summed E-state index contributed by atoms with van der Waals surface area (Å²) in [6.45, 7) is 0. The van der Waals surface area contributed by atoms with Crippen LogP contribution in [0.2, 0.25) is 5.02 Å². The van der Waals surface area contributed by atoms with E-state index in [2.05, 4.69) is 4.98 Å². The molecule has 0 saturated carbocycles. The highest BCUT2D eigenvalue weighted by Crippen LogP contribution is 2.36. The molecule has 1 aromatic carbocycles. The number of halogens is 1. The zero-order valence-corrected chi connectivity index (χ0v) is 14.1. The van der Waals surface area contributed by atoms with E-state index >= 15 is 0 Å². The highest BCUT2D eigenvalue weighted by molar-refractivity contribution is 8.00. The number of nitrogens with zero attached hydrogens (tertiary/aromatic N) is 3. The van der Waals surface area contributed by atoms with E-state index in [9.17, 15) is 20.1 Å². The molecule has 0 aliphatic rings. The van der Waals surface area contributed by atoms with Crippen LogP contribution in [0.5, 0.6) is 0 Å². The summed E-state index contributed by atoms with van der Waals surface area (Å²) in [5.41, 5.74) is 6.57. The number of rotatable bonds is 5. The van der Waals surface area contributed by atoms with Gasteiger partial charge in [-0.2, -0.15) is 10.5 Å². The van der Waals surface area contributed by atoms with Crippen molar-refractivity contribution in [1.82, 2.24) is 4.98 Å². The van der Waals surface area contributed by atoms with E-state index in [1.807, 2.05) is 12.1 Å². The number of hydrogen-bond donors (Lipinski definition) is 2. The van der Waals surface area contributed by atoms with Gasteiger partial charge in [-0.25, -0.2) is 9.78 Å². The number of anilines is 1. The number of hydrogen-bond acceptors (Lipinski definition) is 7. The summed E-state index contributed by atoms with van der Waals surface area (Å²) in [6, 6.07) is 10.4. The van der Waals surface area contributed by atoms with Gasteiger partial charge in [-0.3, -0.25) is 4.79 Å². The van der Waals surface area contributed by atoms with Crippen molar-refractivity contribution in [3.8, 4) is 23.3 Å². The van der Waals surface area contributed by atoms with Crippen LogP contribution in [0, 0.1) is 22.7 Å². The van der Waals surface area contributed by atoms with Crippen LogP contribution in [0.25, 0.3) is 11.1 Å². The second-order valence-corrected chi connectivity index (χ2v) is 6.08. The normalized spacial score (nSPS) is 9.88. The molecule has 3 N–H and O–H groups in total. The fourth-order valence-corrected chi connectivity index (χ4v) is 3.07. The fraction of sp³-hybridized carbons (Fsp3) is 0.0625. The van der Waals surface area contributed by atoms with Crippen LogP contribution >= 0.6 is 23.4 Å². The average Bonchev–Trinajstić information content (AvgIpc) is 2.58. The van der Waals surface area contributed by atoms with Crippen molar-refractivity contribution in [2.45, 2.75) is 5.03 Å². The summed E-state index contributed by atoms with van der Waals surface area (Å²) in [5.74, 6) is -3.16. The van der Waals surface area contributed by atoms with Crippen molar-refractivity contribution in [2.75, 3.05) is 11.5 Å². The van der Waals surface area contributed by atoms with Gasteiger partial charge in [0.15, 0.2) is 0 Å². The molecule has 2 aromatic rings. The molecule has 0 amide bonds. The summed E-state index contributed by atoms with van der Waals surface area (Å²) < 4.78 is 0. The summed E-state index contributed by atoms with van der Waals surface area (Å²) in [7, 11) is 0. The maximum Gasteiger partial charge on any atom is 0.373 e.